The molecule has 2 rings (SSSR count). The second-order valence-corrected chi connectivity index (χ2v) is 7.18. The molecule has 3 N–H and O–H groups in total. The highest BCUT2D eigenvalue weighted by Crippen LogP contribution is 2.21. The zero-order chi connectivity index (χ0) is 17.2. The van der Waals surface area contributed by atoms with Crippen molar-refractivity contribution in [1.82, 2.24) is 4.90 Å². The van der Waals surface area contributed by atoms with Gasteiger partial charge in [0, 0.05) is 19.4 Å². The van der Waals surface area contributed by atoms with E-state index in [0.717, 1.165) is 4.90 Å². The van der Waals surface area contributed by atoms with E-state index in [1.807, 2.05) is 6.07 Å². The van der Waals surface area contributed by atoms with Crippen LogP contribution < -0.4 is 5.14 Å². The fourth-order valence-electron chi connectivity index (χ4n) is 2.54. The van der Waals surface area contributed by atoms with Crippen molar-refractivity contribution in [2.75, 3.05) is 6.54 Å². The number of hydrogen-bond acceptors (Lipinski definition) is 5. The number of carbonyl (C=O) groups is 2. The SMILES string of the molecule is N#Cc1cccc(C[C@@H](C(=O)O)N2CC(S(N)(=O)=O)CC2=O)c1. The summed E-state index contributed by atoms with van der Waals surface area (Å²) in [6.45, 7) is -0.243. The molecule has 2 atom stereocenters. The van der Waals surface area contributed by atoms with E-state index in [2.05, 4.69) is 0 Å². The second kappa shape index (κ2) is 6.36. The Bertz CT molecular complexity index is 784. The number of amides is 1. The maximum atomic E-state index is 12.0. The maximum Gasteiger partial charge on any atom is 0.326 e. The number of nitriles is 1. The minimum absolute atomic E-state index is 0.0199. The van der Waals surface area contributed by atoms with Gasteiger partial charge >= 0.3 is 5.97 Å². The fraction of sp³-hybridized carbons (Fsp3) is 0.357. The summed E-state index contributed by atoms with van der Waals surface area (Å²) in [5, 5.41) is 22.2. The molecule has 0 aromatic heterocycles. The molecule has 0 saturated carbocycles. The Kier molecular flexibility index (Phi) is 4.68. The standard InChI is InChI=1S/C14H15N3O5S/c15-7-10-3-1-2-9(4-10)5-12(14(19)20)17-8-11(6-13(17)18)23(16,21)22/h1-4,11-12H,5-6,8H2,(H,19,20)(H2,16,21,22)/t11?,12-/m0/s1. The molecular formula is C14H15N3O5S. The van der Waals surface area contributed by atoms with E-state index in [0.29, 0.717) is 11.1 Å². The second-order valence-electron chi connectivity index (χ2n) is 5.33. The number of primary sulfonamides is 1. The van der Waals surface area contributed by atoms with Gasteiger partial charge < -0.3 is 10.0 Å². The molecule has 0 spiro atoms. The zero-order valence-corrected chi connectivity index (χ0v) is 12.9. The Morgan fingerprint density at radius 3 is 2.74 bits per heavy atom. The molecule has 1 aromatic carbocycles. The Hall–Kier alpha value is -2.44. The Labute approximate surface area is 133 Å². The summed E-state index contributed by atoms with van der Waals surface area (Å²) < 4.78 is 22.7. The van der Waals surface area contributed by atoms with Crippen LogP contribution in [0.4, 0.5) is 0 Å². The van der Waals surface area contributed by atoms with Gasteiger partial charge in [-0.1, -0.05) is 12.1 Å². The van der Waals surface area contributed by atoms with Crippen LogP contribution in [0.1, 0.15) is 17.5 Å². The smallest absolute Gasteiger partial charge is 0.326 e. The number of hydrogen-bond donors (Lipinski definition) is 2. The van der Waals surface area contributed by atoms with Gasteiger partial charge in [0.25, 0.3) is 0 Å². The molecule has 0 bridgehead atoms. The molecule has 122 valence electrons. The summed E-state index contributed by atoms with van der Waals surface area (Å²) in [5.41, 5.74) is 0.949. The van der Waals surface area contributed by atoms with Crippen LogP contribution in [0.3, 0.4) is 0 Å². The molecule has 1 aromatic rings. The van der Waals surface area contributed by atoms with E-state index in [1.54, 1.807) is 18.2 Å². The van der Waals surface area contributed by atoms with Gasteiger partial charge in [-0.05, 0) is 17.7 Å². The topological polar surface area (TPSA) is 142 Å². The van der Waals surface area contributed by atoms with Crippen molar-refractivity contribution in [3.63, 3.8) is 0 Å². The van der Waals surface area contributed by atoms with Crippen molar-refractivity contribution in [3.05, 3.63) is 35.4 Å². The number of nitrogens with zero attached hydrogens (tertiary/aromatic N) is 2. The minimum atomic E-state index is -3.91. The Balaban J connectivity index is 2.24. The van der Waals surface area contributed by atoms with Gasteiger partial charge in [-0.2, -0.15) is 5.26 Å². The van der Waals surface area contributed by atoms with Crippen molar-refractivity contribution in [2.45, 2.75) is 24.1 Å². The van der Waals surface area contributed by atoms with Gasteiger partial charge in [0.1, 0.15) is 11.3 Å². The number of aliphatic carboxylic acids is 1. The van der Waals surface area contributed by atoms with Gasteiger partial charge in [0.2, 0.25) is 15.9 Å². The first-order valence-corrected chi connectivity index (χ1v) is 8.36. The largest absolute Gasteiger partial charge is 0.480 e. The number of rotatable bonds is 5. The highest BCUT2D eigenvalue weighted by molar-refractivity contribution is 7.89. The third-order valence-corrected chi connectivity index (χ3v) is 4.98. The lowest BCUT2D eigenvalue weighted by Crippen LogP contribution is -2.44. The molecule has 1 fully saturated rings. The number of likely N-dealkylation sites (tertiary alicyclic amines) is 1. The number of sulfonamides is 1. The summed E-state index contributed by atoms with van der Waals surface area (Å²) in [6.07, 6.45) is -0.339. The van der Waals surface area contributed by atoms with Gasteiger partial charge in [0.05, 0.1) is 11.6 Å². The van der Waals surface area contributed by atoms with Crippen molar-refractivity contribution in [3.8, 4) is 6.07 Å². The maximum absolute atomic E-state index is 12.0. The summed E-state index contributed by atoms with van der Waals surface area (Å²) in [5.74, 6) is -1.80. The molecule has 0 radical (unpaired) electrons. The fourth-order valence-corrected chi connectivity index (χ4v) is 3.28. The molecule has 1 unspecified atom stereocenters. The average Bonchev–Trinajstić information content (AvgIpc) is 2.86. The van der Waals surface area contributed by atoms with Gasteiger partial charge in [-0.3, -0.25) is 4.79 Å². The first kappa shape index (κ1) is 16.9. The van der Waals surface area contributed by atoms with Crippen LogP contribution in [0.5, 0.6) is 0 Å². The molecule has 1 aliphatic rings. The van der Waals surface area contributed by atoms with Crippen LogP contribution in [-0.4, -0.2) is 48.1 Å². The molecular weight excluding hydrogens is 322 g/mol. The van der Waals surface area contributed by atoms with E-state index in [4.69, 9.17) is 10.4 Å². The monoisotopic (exact) mass is 337 g/mol. The molecule has 1 heterocycles. The van der Waals surface area contributed by atoms with Crippen molar-refractivity contribution < 1.29 is 23.1 Å². The summed E-state index contributed by atoms with van der Waals surface area (Å²) in [6, 6.07) is 7.13. The van der Waals surface area contributed by atoms with Crippen LogP contribution >= 0.6 is 0 Å². The number of carboxylic acids is 1. The summed E-state index contributed by atoms with van der Waals surface area (Å²) >= 11 is 0. The van der Waals surface area contributed by atoms with E-state index >= 15 is 0 Å². The van der Waals surface area contributed by atoms with Crippen LogP contribution in [0, 0.1) is 11.3 Å². The first-order chi connectivity index (χ1) is 10.7. The third-order valence-electron chi connectivity index (χ3n) is 3.73. The first-order valence-electron chi connectivity index (χ1n) is 6.75. The van der Waals surface area contributed by atoms with Crippen molar-refractivity contribution >= 4 is 21.9 Å². The Morgan fingerprint density at radius 2 is 2.22 bits per heavy atom. The highest BCUT2D eigenvalue weighted by Gasteiger charge is 2.41. The predicted molar refractivity (Wildman–Crippen MR) is 79.5 cm³/mol. The number of carbonyl (C=O) groups excluding carboxylic acids is 1. The molecule has 1 saturated heterocycles. The molecule has 9 heteroatoms. The van der Waals surface area contributed by atoms with E-state index in [-0.39, 0.29) is 19.4 Å². The number of carboxylic acid groups (broad SMARTS) is 1. The zero-order valence-electron chi connectivity index (χ0n) is 12.0. The Morgan fingerprint density at radius 1 is 1.52 bits per heavy atom. The van der Waals surface area contributed by atoms with Crippen molar-refractivity contribution in [2.24, 2.45) is 5.14 Å². The van der Waals surface area contributed by atoms with Gasteiger partial charge in [-0.25, -0.2) is 18.4 Å². The van der Waals surface area contributed by atoms with Crippen LogP contribution in [0.15, 0.2) is 24.3 Å². The summed E-state index contributed by atoms with van der Waals surface area (Å²) in [7, 11) is -3.91. The van der Waals surface area contributed by atoms with E-state index < -0.39 is 33.2 Å². The van der Waals surface area contributed by atoms with Crippen molar-refractivity contribution in [1.29, 1.82) is 5.26 Å². The molecule has 1 amide bonds. The third kappa shape index (κ3) is 3.85. The molecule has 23 heavy (non-hydrogen) atoms. The normalized spacial score (nSPS) is 19.4. The lowest BCUT2D eigenvalue weighted by Gasteiger charge is -2.24. The molecule has 8 nitrogen and oxygen atoms in total. The average molecular weight is 337 g/mol. The van der Waals surface area contributed by atoms with Gasteiger partial charge in [0.15, 0.2) is 0 Å². The van der Waals surface area contributed by atoms with E-state index in [9.17, 15) is 23.1 Å². The predicted octanol–water partition coefficient (Wildman–Crippen LogP) is -0.557. The highest BCUT2D eigenvalue weighted by atomic mass is 32.2. The quantitative estimate of drug-likeness (QED) is 0.738. The van der Waals surface area contributed by atoms with Crippen LogP contribution in [0.2, 0.25) is 0 Å². The van der Waals surface area contributed by atoms with E-state index in [1.165, 1.54) is 6.07 Å². The number of nitrogens with two attached hydrogens (primary N) is 1. The molecule has 1 aliphatic heterocycles. The van der Waals surface area contributed by atoms with Crippen LogP contribution in [0.25, 0.3) is 0 Å². The molecule has 0 aliphatic carbocycles. The minimum Gasteiger partial charge on any atom is -0.480 e. The summed E-state index contributed by atoms with van der Waals surface area (Å²) in [4.78, 5) is 24.5. The van der Waals surface area contributed by atoms with Crippen LogP contribution in [-0.2, 0) is 26.0 Å². The number of benzene rings is 1. The lowest BCUT2D eigenvalue weighted by atomic mass is 10.0. The lowest BCUT2D eigenvalue weighted by molar-refractivity contribution is -0.148. The van der Waals surface area contributed by atoms with Gasteiger partial charge in [-0.15, -0.1) is 0 Å².